The number of rotatable bonds is 7. The van der Waals surface area contributed by atoms with Crippen molar-refractivity contribution in [1.29, 1.82) is 0 Å². The molecule has 2 fully saturated rings. The molecular formula is C13H20N2O4S. The molecule has 20 heavy (non-hydrogen) atoms. The van der Waals surface area contributed by atoms with Crippen LogP contribution in [-0.2, 0) is 14.4 Å². The Morgan fingerprint density at radius 1 is 1.50 bits per heavy atom. The van der Waals surface area contributed by atoms with Crippen LogP contribution in [0.15, 0.2) is 0 Å². The number of nitrogens with zero attached hydrogens (tertiary/aromatic N) is 1. The van der Waals surface area contributed by atoms with Gasteiger partial charge in [-0.15, -0.1) is 0 Å². The Morgan fingerprint density at radius 2 is 2.20 bits per heavy atom. The summed E-state index contributed by atoms with van der Waals surface area (Å²) in [5.41, 5.74) is 0. The zero-order valence-electron chi connectivity index (χ0n) is 11.5. The number of carboxylic acid groups (broad SMARTS) is 1. The maximum absolute atomic E-state index is 12.1. The van der Waals surface area contributed by atoms with Gasteiger partial charge in [0, 0.05) is 19.0 Å². The summed E-state index contributed by atoms with van der Waals surface area (Å²) in [7, 11) is 0. The van der Waals surface area contributed by atoms with Crippen LogP contribution < -0.4 is 5.32 Å². The average molecular weight is 300 g/mol. The van der Waals surface area contributed by atoms with Crippen molar-refractivity contribution in [2.75, 3.05) is 18.6 Å². The van der Waals surface area contributed by atoms with Crippen LogP contribution in [0.2, 0.25) is 0 Å². The van der Waals surface area contributed by atoms with Crippen molar-refractivity contribution in [3.63, 3.8) is 0 Å². The molecular weight excluding hydrogens is 280 g/mol. The number of thioether (sulfide) groups is 1. The first-order chi connectivity index (χ1) is 9.52. The summed E-state index contributed by atoms with van der Waals surface area (Å²) < 4.78 is 0. The zero-order valence-corrected chi connectivity index (χ0v) is 12.3. The first kappa shape index (κ1) is 15.2. The van der Waals surface area contributed by atoms with Gasteiger partial charge in [-0.1, -0.05) is 0 Å². The smallest absolute Gasteiger partial charge is 0.326 e. The van der Waals surface area contributed by atoms with Crippen LogP contribution in [0, 0.1) is 5.92 Å². The lowest BCUT2D eigenvalue weighted by Crippen LogP contribution is -2.44. The van der Waals surface area contributed by atoms with Crippen LogP contribution >= 0.6 is 11.8 Å². The molecule has 0 spiro atoms. The van der Waals surface area contributed by atoms with Crippen molar-refractivity contribution in [1.82, 2.24) is 10.2 Å². The highest BCUT2D eigenvalue weighted by molar-refractivity contribution is 7.98. The topological polar surface area (TPSA) is 86.7 Å². The molecule has 6 nitrogen and oxygen atoms in total. The molecule has 2 atom stereocenters. The molecule has 1 saturated carbocycles. The molecule has 112 valence electrons. The number of carbonyl (C=O) groups excluding carboxylic acids is 2. The first-order valence-electron chi connectivity index (χ1n) is 6.84. The minimum Gasteiger partial charge on any atom is -0.480 e. The maximum Gasteiger partial charge on any atom is 0.326 e. The van der Waals surface area contributed by atoms with E-state index in [4.69, 9.17) is 5.11 Å². The van der Waals surface area contributed by atoms with Crippen molar-refractivity contribution >= 4 is 29.5 Å². The van der Waals surface area contributed by atoms with Crippen LogP contribution in [0.25, 0.3) is 0 Å². The Labute approximate surface area is 122 Å². The van der Waals surface area contributed by atoms with E-state index in [2.05, 4.69) is 5.32 Å². The third kappa shape index (κ3) is 3.65. The third-order valence-electron chi connectivity index (χ3n) is 3.74. The van der Waals surface area contributed by atoms with Gasteiger partial charge in [0.1, 0.15) is 6.04 Å². The lowest BCUT2D eigenvalue weighted by molar-refractivity contribution is -0.142. The minimum atomic E-state index is -1.02. The van der Waals surface area contributed by atoms with E-state index in [1.165, 1.54) is 0 Å². The van der Waals surface area contributed by atoms with E-state index in [0.717, 1.165) is 12.8 Å². The number of aliphatic carboxylic acids is 1. The van der Waals surface area contributed by atoms with E-state index in [1.807, 2.05) is 6.26 Å². The van der Waals surface area contributed by atoms with Gasteiger partial charge in [-0.05, 0) is 31.3 Å². The maximum atomic E-state index is 12.1. The Hall–Kier alpha value is -1.24. The van der Waals surface area contributed by atoms with Crippen molar-refractivity contribution in [3.8, 4) is 0 Å². The van der Waals surface area contributed by atoms with Gasteiger partial charge in [0.25, 0.3) is 0 Å². The van der Waals surface area contributed by atoms with E-state index in [0.29, 0.717) is 24.8 Å². The zero-order chi connectivity index (χ0) is 14.7. The van der Waals surface area contributed by atoms with Crippen LogP contribution in [0.3, 0.4) is 0 Å². The molecule has 2 rings (SSSR count). The number of carboxylic acids is 1. The minimum absolute atomic E-state index is 0.0173. The van der Waals surface area contributed by atoms with Crippen molar-refractivity contribution < 1.29 is 19.5 Å². The van der Waals surface area contributed by atoms with Gasteiger partial charge in [-0.3, -0.25) is 9.59 Å². The molecule has 1 aliphatic carbocycles. The molecule has 2 aliphatic rings. The number of likely N-dealkylation sites (tertiary alicyclic amines) is 1. The Kier molecular flexibility index (Phi) is 4.91. The highest BCUT2D eigenvalue weighted by Crippen LogP contribution is 2.32. The van der Waals surface area contributed by atoms with Gasteiger partial charge in [-0.2, -0.15) is 11.8 Å². The fourth-order valence-corrected chi connectivity index (χ4v) is 2.90. The lowest BCUT2D eigenvalue weighted by Gasteiger charge is -2.18. The normalized spacial score (nSPS) is 23.8. The molecule has 0 aromatic carbocycles. The van der Waals surface area contributed by atoms with Gasteiger partial charge < -0.3 is 15.3 Å². The average Bonchev–Trinajstić information content (AvgIpc) is 3.17. The third-order valence-corrected chi connectivity index (χ3v) is 4.39. The summed E-state index contributed by atoms with van der Waals surface area (Å²) in [6, 6.07) is -0.549. The van der Waals surface area contributed by atoms with Crippen LogP contribution in [0.5, 0.6) is 0 Å². The van der Waals surface area contributed by atoms with Gasteiger partial charge in [-0.25, -0.2) is 4.79 Å². The standard InChI is InChI=1S/C13H20N2O4S/c1-20-5-4-10(13(18)19)14-12(17)8-6-11(16)15(7-8)9-2-3-9/h8-10H,2-7H2,1H3,(H,14,17)(H,18,19)/t8?,10-/m0/s1. The fraction of sp³-hybridized carbons (Fsp3) is 0.769. The van der Waals surface area contributed by atoms with Gasteiger partial charge in [0.05, 0.1) is 5.92 Å². The summed E-state index contributed by atoms with van der Waals surface area (Å²) in [6.07, 6.45) is 4.54. The van der Waals surface area contributed by atoms with Gasteiger partial charge in [0.15, 0.2) is 0 Å². The fourth-order valence-electron chi connectivity index (χ4n) is 2.43. The number of hydrogen-bond acceptors (Lipinski definition) is 4. The van der Waals surface area contributed by atoms with Crippen LogP contribution in [0.4, 0.5) is 0 Å². The highest BCUT2D eigenvalue weighted by Gasteiger charge is 2.42. The number of carbonyl (C=O) groups is 3. The Morgan fingerprint density at radius 3 is 2.75 bits per heavy atom. The summed E-state index contributed by atoms with van der Waals surface area (Å²) in [5.74, 6) is -1.04. The van der Waals surface area contributed by atoms with Crippen LogP contribution in [-0.4, -0.2) is 58.4 Å². The van der Waals surface area contributed by atoms with Gasteiger partial charge in [0.2, 0.25) is 11.8 Å². The van der Waals surface area contributed by atoms with E-state index in [9.17, 15) is 14.4 Å². The summed E-state index contributed by atoms with van der Waals surface area (Å²) >= 11 is 1.54. The predicted octanol–water partition coefficient (Wildman–Crippen LogP) is 0.320. The monoisotopic (exact) mass is 300 g/mol. The quantitative estimate of drug-likeness (QED) is 0.707. The number of amides is 2. The number of hydrogen-bond donors (Lipinski definition) is 2. The second kappa shape index (κ2) is 6.47. The summed E-state index contributed by atoms with van der Waals surface area (Å²) in [5, 5.41) is 11.7. The van der Waals surface area contributed by atoms with Crippen LogP contribution in [0.1, 0.15) is 25.7 Å². The molecule has 0 aromatic heterocycles. The largest absolute Gasteiger partial charge is 0.480 e. The predicted molar refractivity (Wildman–Crippen MR) is 75.4 cm³/mol. The summed E-state index contributed by atoms with van der Waals surface area (Å²) in [6.45, 7) is 0.435. The van der Waals surface area contributed by atoms with E-state index >= 15 is 0 Å². The molecule has 0 radical (unpaired) electrons. The molecule has 0 bridgehead atoms. The second-order valence-electron chi connectivity index (χ2n) is 5.36. The van der Waals surface area contributed by atoms with Crippen molar-refractivity contribution in [2.24, 2.45) is 5.92 Å². The molecule has 2 N–H and O–H groups in total. The van der Waals surface area contributed by atoms with Crippen molar-refractivity contribution in [3.05, 3.63) is 0 Å². The second-order valence-corrected chi connectivity index (χ2v) is 6.34. The van der Waals surface area contributed by atoms with E-state index < -0.39 is 17.9 Å². The molecule has 1 heterocycles. The van der Waals surface area contributed by atoms with E-state index in [-0.39, 0.29) is 18.2 Å². The number of nitrogens with one attached hydrogen (secondary N) is 1. The molecule has 1 unspecified atom stereocenters. The Balaban J connectivity index is 1.87. The lowest BCUT2D eigenvalue weighted by atomic mass is 10.1. The SMILES string of the molecule is CSCC[C@H](NC(=O)C1CC(=O)N(C2CC2)C1)C(=O)O. The molecule has 7 heteroatoms. The molecule has 2 amide bonds. The summed E-state index contributed by atoms with van der Waals surface area (Å²) in [4.78, 5) is 36.8. The first-order valence-corrected chi connectivity index (χ1v) is 8.24. The van der Waals surface area contributed by atoms with Gasteiger partial charge >= 0.3 is 5.97 Å². The molecule has 1 aliphatic heterocycles. The van der Waals surface area contributed by atoms with E-state index in [1.54, 1.807) is 16.7 Å². The Bertz CT molecular complexity index is 411. The molecule has 1 saturated heterocycles. The molecule has 0 aromatic rings. The highest BCUT2D eigenvalue weighted by atomic mass is 32.2. The van der Waals surface area contributed by atoms with Crippen molar-refractivity contribution in [2.45, 2.75) is 37.8 Å².